The molecule has 1 aromatic rings. The molecule has 0 radical (unpaired) electrons. The molecule has 4 N–H and O–H groups in total. The second kappa shape index (κ2) is 8.62. The van der Waals surface area contributed by atoms with Crippen molar-refractivity contribution in [2.75, 3.05) is 6.61 Å². The summed E-state index contributed by atoms with van der Waals surface area (Å²) in [6.45, 7) is 5.08. The van der Waals surface area contributed by atoms with Gasteiger partial charge in [0.05, 0.1) is 6.61 Å². The highest BCUT2D eigenvalue weighted by atomic mass is 16.7. The van der Waals surface area contributed by atoms with Gasteiger partial charge < -0.3 is 30.1 Å². The number of nitrogens with one attached hydrogen (secondary N) is 1. The second-order valence-electron chi connectivity index (χ2n) is 6.43. The summed E-state index contributed by atoms with van der Waals surface area (Å²) in [6.07, 6.45) is -3.65. The van der Waals surface area contributed by atoms with Crippen molar-refractivity contribution in [3.05, 3.63) is 29.8 Å². The van der Waals surface area contributed by atoms with Crippen molar-refractivity contribution in [2.45, 2.75) is 63.8 Å². The third-order valence-electron chi connectivity index (χ3n) is 4.56. The molecule has 0 spiro atoms. The Morgan fingerprint density at radius 2 is 1.92 bits per heavy atom. The summed E-state index contributed by atoms with van der Waals surface area (Å²) in [7, 11) is 0. The maximum atomic E-state index is 11.4. The van der Waals surface area contributed by atoms with Crippen molar-refractivity contribution >= 4 is 5.91 Å². The highest BCUT2D eigenvalue weighted by Crippen LogP contribution is 2.26. The van der Waals surface area contributed by atoms with Crippen molar-refractivity contribution in [3.63, 3.8) is 0 Å². The molecular weight excluding hydrogens is 326 g/mol. The molecule has 1 aromatic carbocycles. The van der Waals surface area contributed by atoms with Crippen LogP contribution in [-0.4, -0.2) is 58.5 Å². The molecule has 1 saturated heterocycles. The number of amides is 1. The third-order valence-corrected chi connectivity index (χ3v) is 4.56. The Balaban J connectivity index is 2.16. The monoisotopic (exact) mass is 353 g/mol. The standard InChI is InChI=1S/C18H27NO6/c1-4-10(2)12-5-7-13(8-6-12)24-18-15(19-11(3)21)17(23)16(22)14(9-20)25-18/h5-8,10,14-18,20,22-23H,4,9H2,1-3H3,(H,19,21)/t10-,14-,15+,16+,17-,18+/m0/s1. The van der Waals surface area contributed by atoms with E-state index < -0.39 is 37.3 Å². The lowest BCUT2D eigenvalue weighted by Gasteiger charge is -2.42. The van der Waals surface area contributed by atoms with E-state index in [0.717, 1.165) is 6.42 Å². The van der Waals surface area contributed by atoms with Crippen LogP contribution in [0, 0.1) is 0 Å². The van der Waals surface area contributed by atoms with E-state index in [9.17, 15) is 20.1 Å². The highest BCUT2D eigenvalue weighted by molar-refractivity contribution is 5.73. The summed E-state index contributed by atoms with van der Waals surface area (Å²) in [5, 5.41) is 32.1. The van der Waals surface area contributed by atoms with E-state index >= 15 is 0 Å². The number of carbonyl (C=O) groups is 1. The molecule has 1 amide bonds. The van der Waals surface area contributed by atoms with Gasteiger partial charge in [-0.2, -0.15) is 0 Å². The van der Waals surface area contributed by atoms with E-state index in [0.29, 0.717) is 11.7 Å². The molecule has 0 bridgehead atoms. The normalized spacial score (nSPS) is 30.6. The van der Waals surface area contributed by atoms with E-state index in [1.165, 1.54) is 12.5 Å². The zero-order chi connectivity index (χ0) is 18.6. The molecule has 140 valence electrons. The summed E-state index contributed by atoms with van der Waals surface area (Å²) in [5.41, 5.74) is 1.18. The lowest BCUT2D eigenvalue weighted by atomic mass is 9.97. The molecule has 1 aliphatic heterocycles. The number of ether oxygens (including phenoxy) is 2. The molecule has 25 heavy (non-hydrogen) atoms. The first-order chi connectivity index (χ1) is 11.9. The lowest BCUT2D eigenvalue weighted by molar-refractivity contribution is -0.244. The van der Waals surface area contributed by atoms with Gasteiger partial charge >= 0.3 is 0 Å². The molecule has 7 nitrogen and oxygen atoms in total. The summed E-state index contributed by atoms with van der Waals surface area (Å²) >= 11 is 0. The Morgan fingerprint density at radius 1 is 1.28 bits per heavy atom. The van der Waals surface area contributed by atoms with Crippen molar-refractivity contribution < 1.29 is 29.6 Å². The zero-order valence-electron chi connectivity index (χ0n) is 14.8. The zero-order valence-corrected chi connectivity index (χ0v) is 14.8. The fourth-order valence-corrected chi connectivity index (χ4v) is 2.82. The molecule has 0 saturated carbocycles. The Hall–Kier alpha value is -1.67. The van der Waals surface area contributed by atoms with Crippen LogP contribution in [-0.2, 0) is 9.53 Å². The van der Waals surface area contributed by atoms with Crippen LogP contribution in [0.15, 0.2) is 24.3 Å². The van der Waals surface area contributed by atoms with Gasteiger partial charge in [-0.3, -0.25) is 4.79 Å². The molecule has 0 aromatic heterocycles. The molecule has 6 atom stereocenters. The van der Waals surface area contributed by atoms with Gasteiger partial charge in [-0.1, -0.05) is 26.0 Å². The van der Waals surface area contributed by atoms with Crippen LogP contribution < -0.4 is 10.1 Å². The van der Waals surface area contributed by atoms with Crippen molar-refractivity contribution in [2.24, 2.45) is 0 Å². The van der Waals surface area contributed by atoms with Gasteiger partial charge in [0.2, 0.25) is 12.2 Å². The molecule has 0 aliphatic carbocycles. The molecule has 0 unspecified atom stereocenters. The number of aliphatic hydroxyl groups is 3. The van der Waals surface area contributed by atoms with E-state index in [1.54, 1.807) is 12.1 Å². The topological polar surface area (TPSA) is 108 Å². The van der Waals surface area contributed by atoms with Gasteiger partial charge in [-0.15, -0.1) is 0 Å². The average molecular weight is 353 g/mol. The maximum absolute atomic E-state index is 11.4. The number of carbonyl (C=O) groups excluding carboxylic acids is 1. The van der Waals surface area contributed by atoms with E-state index in [2.05, 4.69) is 19.2 Å². The molecular formula is C18H27NO6. The number of benzene rings is 1. The van der Waals surface area contributed by atoms with Gasteiger partial charge in [0.1, 0.15) is 30.1 Å². The first-order valence-corrected chi connectivity index (χ1v) is 8.53. The predicted octanol–water partition coefficient (Wildman–Crippen LogP) is 0.523. The Bertz CT molecular complexity index is 563. The summed E-state index contributed by atoms with van der Waals surface area (Å²) in [6, 6.07) is 6.54. The minimum atomic E-state index is -1.32. The van der Waals surface area contributed by atoms with E-state index in [-0.39, 0.29) is 5.91 Å². The van der Waals surface area contributed by atoms with E-state index in [4.69, 9.17) is 9.47 Å². The number of rotatable bonds is 6. The van der Waals surface area contributed by atoms with Gasteiger partial charge in [0, 0.05) is 6.92 Å². The van der Waals surface area contributed by atoms with Crippen LogP contribution in [0.25, 0.3) is 0 Å². The molecule has 1 fully saturated rings. The molecule has 2 rings (SSSR count). The van der Waals surface area contributed by atoms with Crippen molar-refractivity contribution in [3.8, 4) is 5.75 Å². The highest BCUT2D eigenvalue weighted by Gasteiger charge is 2.46. The van der Waals surface area contributed by atoms with Crippen molar-refractivity contribution in [1.82, 2.24) is 5.32 Å². The fraction of sp³-hybridized carbons (Fsp3) is 0.611. The average Bonchev–Trinajstić information content (AvgIpc) is 2.60. The number of hydrogen-bond acceptors (Lipinski definition) is 6. The summed E-state index contributed by atoms with van der Waals surface area (Å²) in [5.74, 6) is 0.554. The minimum Gasteiger partial charge on any atom is -0.463 e. The van der Waals surface area contributed by atoms with Gasteiger partial charge in [0.25, 0.3) is 0 Å². The van der Waals surface area contributed by atoms with Gasteiger partial charge in [-0.05, 0) is 30.0 Å². The third kappa shape index (κ3) is 4.70. The Labute approximate surface area is 147 Å². The first kappa shape index (κ1) is 19.7. The quantitative estimate of drug-likeness (QED) is 0.594. The smallest absolute Gasteiger partial charge is 0.223 e. The largest absolute Gasteiger partial charge is 0.463 e. The number of hydrogen-bond donors (Lipinski definition) is 4. The first-order valence-electron chi connectivity index (χ1n) is 8.53. The summed E-state index contributed by atoms with van der Waals surface area (Å²) < 4.78 is 11.3. The van der Waals surface area contributed by atoms with Crippen LogP contribution in [0.1, 0.15) is 38.7 Å². The molecule has 1 heterocycles. The molecule has 7 heteroatoms. The summed E-state index contributed by atoms with van der Waals surface area (Å²) in [4.78, 5) is 11.4. The number of aliphatic hydroxyl groups excluding tert-OH is 3. The van der Waals surface area contributed by atoms with Crippen LogP contribution in [0.3, 0.4) is 0 Å². The lowest BCUT2D eigenvalue weighted by Crippen LogP contribution is -2.65. The van der Waals surface area contributed by atoms with Gasteiger partial charge in [0.15, 0.2) is 0 Å². The van der Waals surface area contributed by atoms with Crippen LogP contribution >= 0.6 is 0 Å². The molecule has 1 aliphatic rings. The fourth-order valence-electron chi connectivity index (χ4n) is 2.82. The van der Waals surface area contributed by atoms with Crippen molar-refractivity contribution in [1.29, 1.82) is 0 Å². The van der Waals surface area contributed by atoms with Crippen LogP contribution in [0.5, 0.6) is 5.75 Å². The SMILES string of the molecule is CC[C@H](C)c1ccc(O[C@@H]2O[C@@H](CO)[C@@H](O)[C@@H](O)[C@H]2NC(C)=O)cc1. The van der Waals surface area contributed by atoms with Crippen LogP contribution in [0.4, 0.5) is 0 Å². The van der Waals surface area contributed by atoms with Crippen LogP contribution in [0.2, 0.25) is 0 Å². The predicted molar refractivity (Wildman–Crippen MR) is 91.1 cm³/mol. The second-order valence-corrected chi connectivity index (χ2v) is 6.43. The minimum absolute atomic E-state index is 0.386. The Kier molecular flexibility index (Phi) is 6.78. The van der Waals surface area contributed by atoms with E-state index in [1.807, 2.05) is 12.1 Å². The Morgan fingerprint density at radius 3 is 2.44 bits per heavy atom. The van der Waals surface area contributed by atoms with Gasteiger partial charge in [-0.25, -0.2) is 0 Å². The maximum Gasteiger partial charge on any atom is 0.223 e.